The molecule has 0 unspecified atom stereocenters. The molecule has 5 nitrogen and oxygen atoms in total. The molecule has 198 valence electrons. The van der Waals surface area contributed by atoms with Crippen LogP contribution in [0.5, 0.6) is 0 Å². The van der Waals surface area contributed by atoms with Gasteiger partial charge in [0.25, 0.3) is 0 Å². The SMILES string of the molecule is CCCN(Cc1nc(NCCc2ccccc2)c2ccc(-c3ncccc3C(F)(F)F)cc2n1)CC1CC1. The van der Waals surface area contributed by atoms with E-state index in [1.807, 2.05) is 18.2 Å². The minimum Gasteiger partial charge on any atom is -0.369 e. The Morgan fingerprint density at radius 2 is 1.82 bits per heavy atom. The van der Waals surface area contributed by atoms with Gasteiger partial charge in [0.15, 0.2) is 0 Å². The largest absolute Gasteiger partial charge is 0.418 e. The average Bonchev–Trinajstić information content (AvgIpc) is 3.72. The van der Waals surface area contributed by atoms with Crippen LogP contribution in [0.3, 0.4) is 0 Å². The smallest absolute Gasteiger partial charge is 0.369 e. The van der Waals surface area contributed by atoms with Gasteiger partial charge in [0.2, 0.25) is 0 Å². The second-order valence-corrected chi connectivity index (χ2v) is 9.96. The predicted molar refractivity (Wildman–Crippen MR) is 145 cm³/mol. The topological polar surface area (TPSA) is 53.9 Å². The molecule has 38 heavy (non-hydrogen) atoms. The Hall–Kier alpha value is -3.52. The number of alkyl halides is 3. The van der Waals surface area contributed by atoms with Crippen molar-refractivity contribution in [1.29, 1.82) is 0 Å². The Balaban J connectivity index is 1.50. The quantitative estimate of drug-likeness (QED) is 0.232. The van der Waals surface area contributed by atoms with Crippen LogP contribution in [0.15, 0.2) is 66.9 Å². The highest BCUT2D eigenvalue weighted by molar-refractivity contribution is 5.92. The Morgan fingerprint density at radius 3 is 2.55 bits per heavy atom. The van der Waals surface area contributed by atoms with Crippen molar-refractivity contribution in [2.45, 2.75) is 45.3 Å². The van der Waals surface area contributed by atoms with E-state index in [0.29, 0.717) is 35.8 Å². The van der Waals surface area contributed by atoms with Crippen molar-refractivity contribution in [3.63, 3.8) is 0 Å². The van der Waals surface area contributed by atoms with Gasteiger partial charge in [-0.05, 0) is 68.0 Å². The number of fused-ring (bicyclic) bond motifs is 1. The Kier molecular flexibility index (Phi) is 7.88. The minimum atomic E-state index is -4.50. The fourth-order valence-electron chi connectivity index (χ4n) is 4.78. The molecule has 0 aliphatic heterocycles. The first kappa shape index (κ1) is 26.1. The summed E-state index contributed by atoms with van der Waals surface area (Å²) >= 11 is 0. The van der Waals surface area contributed by atoms with Crippen LogP contribution < -0.4 is 5.32 Å². The summed E-state index contributed by atoms with van der Waals surface area (Å²) < 4.78 is 41.1. The Bertz CT molecular complexity index is 1370. The van der Waals surface area contributed by atoms with Crippen LogP contribution in [0.4, 0.5) is 19.0 Å². The molecule has 0 atom stereocenters. The molecule has 1 saturated carbocycles. The molecular formula is C30H32F3N5. The maximum absolute atomic E-state index is 13.7. The molecule has 1 fully saturated rings. The van der Waals surface area contributed by atoms with Gasteiger partial charge < -0.3 is 5.32 Å². The summed E-state index contributed by atoms with van der Waals surface area (Å²) in [6.07, 6.45) is 1.28. The van der Waals surface area contributed by atoms with Crippen molar-refractivity contribution >= 4 is 16.7 Å². The molecule has 8 heteroatoms. The lowest BCUT2D eigenvalue weighted by atomic mass is 10.0. The van der Waals surface area contributed by atoms with Gasteiger partial charge in [0, 0.05) is 30.2 Å². The van der Waals surface area contributed by atoms with Crippen LogP contribution in [-0.4, -0.2) is 39.5 Å². The standard InChI is InChI=1S/C30H32F3N5/c1-2-17-38(19-22-10-11-22)20-27-36-26-18-23(28-25(30(31,32)33)9-6-15-34-28)12-13-24(26)29(37-27)35-16-14-21-7-4-3-5-8-21/h3-9,12-13,15,18,22H,2,10-11,14,16-17,19-20H2,1H3,(H,35,36,37). The van der Waals surface area contributed by atoms with Gasteiger partial charge in [0.1, 0.15) is 11.6 Å². The fourth-order valence-corrected chi connectivity index (χ4v) is 4.78. The zero-order valence-electron chi connectivity index (χ0n) is 21.5. The number of anilines is 1. The number of aromatic nitrogens is 3. The molecule has 2 aromatic carbocycles. The highest BCUT2D eigenvalue weighted by atomic mass is 19.4. The van der Waals surface area contributed by atoms with E-state index < -0.39 is 11.7 Å². The molecule has 2 aromatic heterocycles. The van der Waals surface area contributed by atoms with Crippen molar-refractivity contribution in [3.8, 4) is 11.3 Å². The molecule has 0 saturated heterocycles. The van der Waals surface area contributed by atoms with E-state index in [-0.39, 0.29) is 5.69 Å². The van der Waals surface area contributed by atoms with E-state index in [9.17, 15) is 13.2 Å². The minimum absolute atomic E-state index is 0.0954. The second kappa shape index (κ2) is 11.5. The van der Waals surface area contributed by atoms with Gasteiger partial charge in [-0.3, -0.25) is 9.88 Å². The van der Waals surface area contributed by atoms with Crippen molar-refractivity contribution in [2.24, 2.45) is 5.92 Å². The highest BCUT2D eigenvalue weighted by Crippen LogP contribution is 2.37. The molecular weight excluding hydrogens is 487 g/mol. The number of rotatable bonds is 11. The number of pyridine rings is 1. The summed E-state index contributed by atoms with van der Waals surface area (Å²) in [5.74, 6) is 2.11. The molecule has 0 spiro atoms. The number of benzene rings is 2. The lowest BCUT2D eigenvalue weighted by Crippen LogP contribution is -2.27. The molecule has 1 N–H and O–H groups in total. The van der Waals surface area contributed by atoms with Gasteiger partial charge in [-0.15, -0.1) is 0 Å². The van der Waals surface area contributed by atoms with Crippen LogP contribution in [0.2, 0.25) is 0 Å². The summed E-state index contributed by atoms with van der Waals surface area (Å²) in [6, 6.07) is 17.7. The predicted octanol–water partition coefficient (Wildman–Crippen LogP) is 6.99. The first-order valence-electron chi connectivity index (χ1n) is 13.2. The van der Waals surface area contributed by atoms with Gasteiger partial charge >= 0.3 is 6.18 Å². The monoisotopic (exact) mass is 519 g/mol. The summed E-state index contributed by atoms with van der Waals surface area (Å²) in [5.41, 5.74) is 1.36. The van der Waals surface area contributed by atoms with E-state index in [0.717, 1.165) is 43.3 Å². The summed E-state index contributed by atoms with van der Waals surface area (Å²) in [5, 5.41) is 4.24. The van der Waals surface area contributed by atoms with Crippen molar-refractivity contribution in [1.82, 2.24) is 19.9 Å². The van der Waals surface area contributed by atoms with Gasteiger partial charge in [-0.25, -0.2) is 9.97 Å². The number of hydrogen-bond acceptors (Lipinski definition) is 5. The number of halogens is 3. The Morgan fingerprint density at radius 1 is 1.00 bits per heavy atom. The van der Waals surface area contributed by atoms with E-state index in [1.54, 1.807) is 18.2 Å². The van der Waals surface area contributed by atoms with Crippen molar-refractivity contribution in [2.75, 3.05) is 25.0 Å². The molecule has 5 rings (SSSR count). The van der Waals surface area contributed by atoms with Gasteiger partial charge in [0.05, 0.1) is 23.3 Å². The fraction of sp³-hybridized carbons (Fsp3) is 0.367. The maximum Gasteiger partial charge on any atom is 0.418 e. The first-order chi connectivity index (χ1) is 18.4. The van der Waals surface area contributed by atoms with E-state index in [2.05, 4.69) is 34.3 Å². The zero-order chi connectivity index (χ0) is 26.5. The van der Waals surface area contributed by atoms with Crippen LogP contribution in [0.25, 0.3) is 22.2 Å². The average molecular weight is 520 g/mol. The maximum atomic E-state index is 13.7. The number of nitrogens with one attached hydrogen (secondary N) is 1. The lowest BCUT2D eigenvalue weighted by Gasteiger charge is -2.21. The third-order valence-electron chi connectivity index (χ3n) is 6.80. The highest BCUT2D eigenvalue weighted by Gasteiger charge is 2.34. The lowest BCUT2D eigenvalue weighted by molar-refractivity contribution is -0.137. The first-order valence-corrected chi connectivity index (χ1v) is 13.2. The third kappa shape index (κ3) is 6.48. The van der Waals surface area contributed by atoms with Crippen LogP contribution in [0.1, 0.15) is 43.1 Å². The van der Waals surface area contributed by atoms with Gasteiger partial charge in [-0.2, -0.15) is 13.2 Å². The van der Waals surface area contributed by atoms with Crippen molar-refractivity contribution in [3.05, 3.63) is 83.8 Å². The van der Waals surface area contributed by atoms with Crippen LogP contribution in [-0.2, 0) is 19.1 Å². The number of hydrogen-bond donors (Lipinski definition) is 1. The van der Waals surface area contributed by atoms with Crippen molar-refractivity contribution < 1.29 is 13.2 Å². The zero-order valence-corrected chi connectivity index (χ0v) is 21.5. The van der Waals surface area contributed by atoms with E-state index in [4.69, 9.17) is 9.97 Å². The molecule has 0 bridgehead atoms. The number of nitrogens with zero attached hydrogens (tertiary/aromatic N) is 4. The van der Waals surface area contributed by atoms with E-state index >= 15 is 0 Å². The van der Waals surface area contributed by atoms with Gasteiger partial charge in [-0.1, -0.05) is 43.3 Å². The second-order valence-electron chi connectivity index (χ2n) is 9.96. The van der Waals surface area contributed by atoms with Crippen LogP contribution >= 0.6 is 0 Å². The molecule has 4 aromatic rings. The molecule has 2 heterocycles. The Labute approximate surface area is 221 Å². The molecule has 0 radical (unpaired) electrons. The summed E-state index contributed by atoms with van der Waals surface area (Å²) in [7, 11) is 0. The molecule has 1 aliphatic carbocycles. The van der Waals surface area contributed by atoms with Crippen LogP contribution in [0, 0.1) is 5.92 Å². The summed E-state index contributed by atoms with van der Waals surface area (Å²) in [4.78, 5) is 16.2. The normalized spacial score (nSPS) is 13.8. The summed E-state index contributed by atoms with van der Waals surface area (Å²) in [6.45, 7) is 5.42. The molecule has 1 aliphatic rings. The van der Waals surface area contributed by atoms with E-state index in [1.165, 1.54) is 30.7 Å². The molecule has 0 amide bonds. The third-order valence-corrected chi connectivity index (χ3v) is 6.80.